The molecule has 0 aliphatic heterocycles. The summed E-state index contributed by atoms with van der Waals surface area (Å²) in [6, 6.07) is 4.85. The summed E-state index contributed by atoms with van der Waals surface area (Å²) < 4.78 is 7.67. The summed E-state index contributed by atoms with van der Waals surface area (Å²) in [5.74, 6) is 0.755. The van der Waals surface area contributed by atoms with Crippen molar-refractivity contribution in [3.8, 4) is 5.75 Å². The summed E-state index contributed by atoms with van der Waals surface area (Å²) in [5, 5.41) is 13.8. The second-order valence-corrected chi connectivity index (χ2v) is 7.47. The van der Waals surface area contributed by atoms with Gasteiger partial charge in [-0.05, 0) is 75.2 Å². The summed E-state index contributed by atoms with van der Waals surface area (Å²) in [7, 11) is 0. The molecule has 1 aliphatic rings. The highest BCUT2D eigenvalue weighted by Gasteiger charge is 2.24. The van der Waals surface area contributed by atoms with Gasteiger partial charge in [0.25, 0.3) is 0 Å². The Morgan fingerprint density at radius 1 is 1.24 bits per heavy atom. The summed E-state index contributed by atoms with van der Waals surface area (Å²) in [6.07, 6.45) is 3.94. The van der Waals surface area contributed by atoms with Gasteiger partial charge < -0.3 is 15.2 Å². The smallest absolute Gasteiger partial charge is 0.147 e. The molecule has 1 aromatic carbocycles. The topological polar surface area (TPSA) is 41.5 Å². The van der Waals surface area contributed by atoms with E-state index in [0.717, 1.165) is 21.2 Å². The van der Waals surface area contributed by atoms with Crippen molar-refractivity contribution in [2.24, 2.45) is 0 Å². The molecule has 0 amide bonds. The zero-order valence-corrected chi connectivity index (χ0v) is 15.8. The predicted molar refractivity (Wildman–Crippen MR) is 92.7 cm³/mol. The Labute approximate surface area is 143 Å². The number of hydrogen-bond acceptors (Lipinski definition) is 3. The standard InChI is InChI=1S/C16H23Br2NO2/c1-3-16(20,4-2)10-21-15-13(17)7-11(8-14(15)18)9-19-12-5-6-12/h7-8,12,19-20H,3-6,9-10H2,1-2H3. The van der Waals surface area contributed by atoms with Crippen molar-refractivity contribution in [1.29, 1.82) is 0 Å². The maximum absolute atomic E-state index is 10.3. The van der Waals surface area contributed by atoms with Crippen LogP contribution in [0.25, 0.3) is 0 Å². The normalized spacial score (nSPS) is 15.3. The molecular formula is C16H23Br2NO2. The van der Waals surface area contributed by atoms with Gasteiger partial charge in [-0.15, -0.1) is 0 Å². The van der Waals surface area contributed by atoms with Gasteiger partial charge in [0.05, 0.1) is 14.5 Å². The fourth-order valence-electron chi connectivity index (χ4n) is 2.06. The number of rotatable bonds is 8. The van der Waals surface area contributed by atoms with E-state index >= 15 is 0 Å². The molecule has 5 heteroatoms. The number of ether oxygens (including phenoxy) is 1. The largest absolute Gasteiger partial charge is 0.488 e. The van der Waals surface area contributed by atoms with Gasteiger partial charge in [-0.1, -0.05) is 13.8 Å². The van der Waals surface area contributed by atoms with Gasteiger partial charge in [-0.25, -0.2) is 0 Å². The first-order valence-electron chi connectivity index (χ1n) is 7.54. The van der Waals surface area contributed by atoms with Crippen molar-refractivity contribution in [3.63, 3.8) is 0 Å². The molecule has 0 radical (unpaired) electrons. The van der Waals surface area contributed by atoms with E-state index < -0.39 is 5.60 Å². The summed E-state index contributed by atoms with van der Waals surface area (Å²) >= 11 is 7.14. The van der Waals surface area contributed by atoms with Crippen molar-refractivity contribution < 1.29 is 9.84 Å². The van der Waals surface area contributed by atoms with Gasteiger partial charge in [-0.2, -0.15) is 0 Å². The molecule has 1 aromatic rings. The fraction of sp³-hybridized carbons (Fsp3) is 0.625. The highest BCUT2D eigenvalue weighted by molar-refractivity contribution is 9.11. The van der Waals surface area contributed by atoms with Gasteiger partial charge >= 0.3 is 0 Å². The van der Waals surface area contributed by atoms with Crippen LogP contribution in [0.1, 0.15) is 45.1 Å². The Morgan fingerprint density at radius 2 is 1.81 bits per heavy atom. The Balaban J connectivity index is 2.02. The molecule has 1 saturated carbocycles. The van der Waals surface area contributed by atoms with E-state index in [-0.39, 0.29) is 0 Å². The molecule has 3 nitrogen and oxygen atoms in total. The lowest BCUT2D eigenvalue weighted by Gasteiger charge is -2.26. The van der Waals surface area contributed by atoms with E-state index in [1.54, 1.807) is 0 Å². The second kappa shape index (κ2) is 7.44. The average Bonchev–Trinajstić information content (AvgIpc) is 3.28. The minimum atomic E-state index is -0.759. The molecule has 0 bridgehead atoms. The van der Waals surface area contributed by atoms with Crippen molar-refractivity contribution >= 4 is 31.9 Å². The lowest BCUT2D eigenvalue weighted by molar-refractivity contribution is -0.0117. The quantitative estimate of drug-likeness (QED) is 0.655. The lowest BCUT2D eigenvalue weighted by Crippen LogP contribution is -2.34. The molecule has 21 heavy (non-hydrogen) atoms. The van der Waals surface area contributed by atoms with Crippen LogP contribution in [0.3, 0.4) is 0 Å². The number of halogens is 2. The van der Waals surface area contributed by atoms with E-state index in [4.69, 9.17) is 4.74 Å². The van der Waals surface area contributed by atoms with Crippen LogP contribution in [0, 0.1) is 0 Å². The number of aliphatic hydroxyl groups is 1. The Hall–Kier alpha value is -0.100. The van der Waals surface area contributed by atoms with Crippen LogP contribution >= 0.6 is 31.9 Å². The van der Waals surface area contributed by atoms with E-state index in [9.17, 15) is 5.11 Å². The molecular weight excluding hydrogens is 398 g/mol. The summed E-state index contributed by atoms with van der Waals surface area (Å²) in [6.45, 7) is 5.13. The third kappa shape index (κ3) is 4.95. The maximum Gasteiger partial charge on any atom is 0.147 e. The van der Waals surface area contributed by atoms with E-state index in [1.165, 1.54) is 18.4 Å². The van der Waals surface area contributed by atoms with Crippen LogP contribution < -0.4 is 10.1 Å². The highest BCUT2D eigenvalue weighted by atomic mass is 79.9. The zero-order valence-electron chi connectivity index (χ0n) is 12.6. The highest BCUT2D eigenvalue weighted by Crippen LogP contribution is 2.36. The summed E-state index contributed by atoms with van der Waals surface area (Å²) in [5.41, 5.74) is 0.458. The Morgan fingerprint density at radius 3 is 2.29 bits per heavy atom. The Kier molecular flexibility index (Phi) is 6.12. The minimum Gasteiger partial charge on any atom is -0.488 e. The number of benzene rings is 1. The van der Waals surface area contributed by atoms with Crippen LogP contribution in [0.2, 0.25) is 0 Å². The van der Waals surface area contributed by atoms with Crippen molar-refractivity contribution in [3.05, 3.63) is 26.6 Å². The molecule has 0 saturated heterocycles. The van der Waals surface area contributed by atoms with Crippen LogP contribution in [0.15, 0.2) is 21.1 Å². The predicted octanol–water partition coefficient (Wildman–Crippen LogP) is 4.39. The Bertz CT molecular complexity index is 462. The molecule has 0 atom stereocenters. The van der Waals surface area contributed by atoms with Gasteiger partial charge in [0.2, 0.25) is 0 Å². The summed E-state index contributed by atoms with van der Waals surface area (Å²) in [4.78, 5) is 0. The molecule has 0 spiro atoms. The molecule has 2 N–H and O–H groups in total. The van der Waals surface area contributed by atoms with E-state index in [1.807, 2.05) is 13.8 Å². The third-order valence-corrected chi connectivity index (χ3v) is 5.21. The third-order valence-electron chi connectivity index (χ3n) is 4.03. The van der Waals surface area contributed by atoms with Crippen molar-refractivity contribution in [1.82, 2.24) is 5.32 Å². The molecule has 0 heterocycles. The number of hydrogen-bond donors (Lipinski definition) is 2. The van der Waals surface area contributed by atoms with Crippen LogP contribution in [0.4, 0.5) is 0 Å². The van der Waals surface area contributed by atoms with E-state index in [0.29, 0.717) is 25.5 Å². The lowest BCUT2D eigenvalue weighted by atomic mass is 9.99. The SMILES string of the molecule is CCC(O)(CC)COc1c(Br)cc(CNC2CC2)cc1Br. The molecule has 1 fully saturated rings. The molecule has 118 valence electrons. The molecule has 1 aliphatic carbocycles. The van der Waals surface area contributed by atoms with Crippen molar-refractivity contribution in [2.75, 3.05) is 6.61 Å². The van der Waals surface area contributed by atoms with Gasteiger partial charge in [0, 0.05) is 12.6 Å². The molecule has 2 rings (SSSR count). The van der Waals surface area contributed by atoms with Crippen LogP contribution in [-0.4, -0.2) is 23.4 Å². The first-order valence-corrected chi connectivity index (χ1v) is 9.12. The average molecular weight is 421 g/mol. The maximum atomic E-state index is 10.3. The first-order chi connectivity index (χ1) is 9.97. The van der Waals surface area contributed by atoms with Crippen LogP contribution in [0.5, 0.6) is 5.75 Å². The molecule has 0 aromatic heterocycles. The van der Waals surface area contributed by atoms with Gasteiger partial charge in [-0.3, -0.25) is 0 Å². The number of nitrogens with one attached hydrogen (secondary N) is 1. The van der Waals surface area contributed by atoms with Crippen molar-refractivity contribution in [2.45, 2.75) is 57.7 Å². The minimum absolute atomic E-state index is 0.302. The van der Waals surface area contributed by atoms with E-state index in [2.05, 4.69) is 49.3 Å². The molecule has 0 unspecified atom stereocenters. The fourth-order valence-corrected chi connectivity index (χ4v) is 3.57. The van der Waals surface area contributed by atoms with Crippen LogP contribution in [-0.2, 0) is 6.54 Å². The first kappa shape index (κ1) is 17.3. The monoisotopic (exact) mass is 419 g/mol. The zero-order chi connectivity index (χ0) is 15.5. The second-order valence-electron chi connectivity index (χ2n) is 5.76. The van der Waals surface area contributed by atoms with Gasteiger partial charge in [0.1, 0.15) is 12.4 Å². The van der Waals surface area contributed by atoms with Gasteiger partial charge in [0.15, 0.2) is 0 Å².